The summed E-state index contributed by atoms with van der Waals surface area (Å²) < 4.78 is 15.8. The van der Waals surface area contributed by atoms with E-state index in [1.807, 2.05) is 6.92 Å². The lowest BCUT2D eigenvalue weighted by Crippen LogP contribution is -2.05. The van der Waals surface area contributed by atoms with E-state index in [-0.39, 0.29) is 11.6 Å². The average molecular weight is 386 g/mol. The Balaban J connectivity index is 1.92. The molecule has 1 aliphatic heterocycles. The number of carbonyl (C=O) groups is 2. The molecule has 0 fully saturated rings. The van der Waals surface area contributed by atoms with Gasteiger partial charge in [0.15, 0.2) is 17.2 Å². The summed E-state index contributed by atoms with van der Waals surface area (Å²) in [4.78, 5) is 27.6. The van der Waals surface area contributed by atoms with Gasteiger partial charge in [-0.15, -0.1) is 0 Å². The maximum Gasteiger partial charge on any atom is 0.363 e. The SMILES string of the molecule is CCOc1cc(/C=C2\N=C(c3cccc(Cl)c3)OC2=O)ccc1OC(C)=O. The first kappa shape index (κ1) is 18.7. The van der Waals surface area contributed by atoms with Crippen LogP contribution in [0.1, 0.15) is 25.0 Å². The molecule has 27 heavy (non-hydrogen) atoms. The second-order valence-electron chi connectivity index (χ2n) is 5.58. The van der Waals surface area contributed by atoms with E-state index >= 15 is 0 Å². The lowest BCUT2D eigenvalue weighted by atomic mass is 10.1. The van der Waals surface area contributed by atoms with Crippen molar-refractivity contribution in [3.05, 3.63) is 64.3 Å². The molecule has 0 aliphatic carbocycles. The summed E-state index contributed by atoms with van der Waals surface area (Å²) in [7, 11) is 0. The van der Waals surface area contributed by atoms with Gasteiger partial charge in [-0.3, -0.25) is 4.79 Å². The Morgan fingerprint density at radius 3 is 2.74 bits per heavy atom. The van der Waals surface area contributed by atoms with Gasteiger partial charge >= 0.3 is 11.9 Å². The molecule has 2 aromatic carbocycles. The van der Waals surface area contributed by atoms with Crippen LogP contribution < -0.4 is 9.47 Å². The Labute approximate surface area is 161 Å². The molecule has 0 radical (unpaired) electrons. The van der Waals surface area contributed by atoms with Gasteiger partial charge in [0.25, 0.3) is 0 Å². The van der Waals surface area contributed by atoms with Gasteiger partial charge in [0, 0.05) is 17.5 Å². The van der Waals surface area contributed by atoms with E-state index in [9.17, 15) is 9.59 Å². The van der Waals surface area contributed by atoms with Gasteiger partial charge in [0.1, 0.15) is 0 Å². The number of esters is 2. The first-order chi connectivity index (χ1) is 13.0. The van der Waals surface area contributed by atoms with Crippen molar-refractivity contribution in [3.63, 3.8) is 0 Å². The van der Waals surface area contributed by atoms with Gasteiger partial charge in [-0.1, -0.05) is 23.7 Å². The Morgan fingerprint density at radius 2 is 2.04 bits per heavy atom. The van der Waals surface area contributed by atoms with Crippen LogP contribution in [0.15, 0.2) is 53.2 Å². The first-order valence-corrected chi connectivity index (χ1v) is 8.58. The zero-order valence-corrected chi connectivity index (χ0v) is 15.4. The highest BCUT2D eigenvalue weighted by Crippen LogP contribution is 2.30. The van der Waals surface area contributed by atoms with Gasteiger partial charge in [0.05, 0.1) is 6.61 Å². The highest BCUT2D eigenvalue weighted by molar-refractivity contribution is 6.31. The lowest BCUT2D eigenvalue weighted by molar-refractivity contribution is -0.132. The van der Waals surface area contributed by atoms with Crippen molar-refractivity contribution in [2.45, 2.75) is 13.8 Å². The smallest absolute Gasteiger partial charge is 0.363 e. The fourth-order valence-electron chi connectivity index (χ4n) is 2.43. The number of nitrogens with zero attached hydrogens (tertiary/aromatic N) is 1. The molecule has 0 bridgehead atoms. The number of cyclic esters (lactones) is 1. The number of benzene rings is 2. The summed E-state index contributed by atoms with van der Waals surface area (Å²) in [5.74, 6) is -0.115. The third kappa shape index (κ3) is 4.54. The van der Waals surface area contributed by atoms with E-state index in [1.54, 1.807) is 48.5 Å². The maximum atomic E-state index is 12.1. The maximum absolute atomic E-state index is 12.1. The Kier molecular flexibility index (Phi) is 5.57. The molecule has 138 valence electrons. The third-order valence-corrected chi connectivity index (χ3v) is 3.75. The van der Waals surface area contributed by atoms with Crippen LogP contribution in [-0.2, 0) is 14.3 Å². The second kappa shape index (κ2) is 8.05. The standard InChI is InChI=1S/C20H16ClNO5/c1-3-25-18-10-13(7-8-17(18)26-12(2)23)9-16-20(24)27-19(22-16)14-5-4-6-15(21)11-14/h4-11H,3H2,1-2H3/b16-9-. The van der Waals surface area contributed by atoms with Crippen molar-refractivity contribution in [1.29, 1.82) is 0 Å². The van der Waals surface area contributed by atoms with E-state index in [0.29, 0.717) is 34.3 Å². The molecule has 0 spiro atoms. The number of halogens is 1. The average Bonchev–Trinajstić information content (AvgIpc) is 2.98. The Morgan fingerprint density at radius 1 is 1.22 bits per heavy atom. The lowest BCUT2D eigenvalue weighted by Gasteiger charge is -2.10. The van der Waals surface area contributed by atoms with Crippen LogP contribution in [0.2, 0.25) is 5.02 Å². The largest absolute Gasteiger partial charge is 0.490 e. The van der Waals surface area contributed by atoms with Gasteiger partial charge < -0.3 is 14.2 Å². The van der Waals surface area contributed by atoms with Gasteiger partial charge in [-0.25, -0.2) is 9.79 Å². The van der Waals surface area contributed by atoms with Crippen molar-refractivity contribution in [2.75, 3.05) is 6.61 Å². The van der Waals surface area contributed by atoms with Crippen LogP contribution >= 0.6 is 11.6 Å². The molecular weight excluding hydrogens is 370 g/mol. The molecule has 0 aromatic heterocycles. The number of hydrogen-bond donors (Lipinski definition) is 0. The summed E-state index contributed by atoms with van der Waals surface area (Å²) in [6, 6.07) is 11.8. The van der Waals surface area contributed by atoms with Crippen molar-refractivity contribution >= 4 is 35.5 Å². The zero-order chi connectivity index (χ0) is 19.4. The minimum Gasteiger partial charge on any atom is -0.490 e. The summed E-state index contributed by atoms with van der Waals surface area (Å²) in [6.07, 6.45) is 1.57. The molecule has 0 saturated heterocycles. The van der Waals surface area contributed by atoms with Crippen LogP contribution in [-0.4, -0.2) is 24.4 Å². The zero-order valence-electron chi connectivity index (χ0n) is 14.7. The number of hydrogen-bond acceptors (Lipinski definition) is 6. The molecule has 2 aromatic rings. The van der Waals surface area contributed by atoms with Crippen LogP contribution in [0.4, 0.5) is 0 Å². The van der Waals surface area contributed by atoms with E-state index < -0.39 is 11.9 Å². The summed E-state index contributed by atoms with van der Waals surface area (Å²) in [6.45, 7) is 3.53. The molecule has 1 heterocycles. The van der Waals surface area contributed by atoms with Crippen LogP contribution in [0.25, 0.3) is 6.08 Å². The normalized spacial score (nSPS) is 14.7. The molecule has 6 nitrogen and oxygen atoms in total. The predicted octanol–water partition coefficient (Wildman–Crippen LogP) is 4.01. The molecular formula is C20H16ClNO5. The van der Waals surface area contributed by atoms with E-state index in [2.05, 4.69) is 4.99 Å². The van der Waals surface area contributed by atoms with Gasteiger partial charge in [0.2, 0.25) is 5.90 Å². The molecule has 1 aliphatic rings. The fraction of sp³-hybridized carbons (Fsp3) is 0.150. The van der Waals surface area contributed by atoms with Crippen LogP contribution in [0, 0.1) is 0 Å². The quantitative estimate of drug-likeness (QED) is 0.441. The number of rotatable bonds is 5. The third-order valence-electron chi connectivity index (χ3n) is 3.52. The highest BCUT2D eigenvalue weighted by atomic mass is 35.5. The topological polar surface area (TPSA) is 74.2 Å². The molecule has 0 N–H and O–H groups in total. The molecule has 0 amide bonds. The fourth-order valence-corrected chi connectivity index (χ4v) is 2.62. The van der Waals surface area contributed by atoms with Crippen molar-refractivity contribution in [2.24, 2.45) is 4.99 Å². The minimum absolute atomic E-state index is 0.146. The molecule has 7 heteroatoms. The van der Waals surface area contributed by atoms with E-state index in [4.69, 9.17) is 25.8 Å². The van der Waals surface area contributed by atoms with Gasteiger partial charge in [-0.05, 0) is 48.9 Å². The summed E-state index contributed by atoms with van der Waals surface area (Å²) >= 11 is 5.96. The number of carbonyl (C=O) groups excluding carboxylic acids is 2. The summed E-state index contributed by atoms with van der Waals surface area (Å²) in [5.41, 5.74) is 1.41. The monoisotopic (exact) mass is 385 g/mol. The van der Waals surface area contributed by atoms with Crippen molar-refractivity contribution in [3.8, 4) is 11.5 Å². The van der Waals surface area contributed by atoms with Crippen molar-refractivity contribution < 1.29 is 23.8 Å². The highest BCUT2D eigenvalue weighted by Gasteiger charge is 2.24. The Bertz CT molecular complexity index is 965. The van der Waals surface area contributed by atoms with E-state index in [1.165, 1.54) is 6.92 Å². The van der Waals surface area contributed by atoms with Crippen molar-refractivity contribution in [1.82, 2.24) is 0 Å². The minimum atomic E-state index is -0.563. The summed E-state index contributed by atoms with van der Waals surface area (Å²) in [5, 5.41) is 0.520. The first-order valence-electron chi connectivity index (χ1n) is 8.20. The molecule has 3 rings (SSSR count). The van der Waals surface area contributed by atoms with Gasteiger partial charge in [-0.2, -0.15) is 0 Å². The number of ether oxygens (including phenoxy) is 3. The Hall–Kier alpha value is -3.12. The molecule has 0 atom stereocenters. The van der Waals surface area contributed by atoms with Crippen LogP contribution in [0.5, 0.6) is 11.5 Å². The second-order valence-corrected chi connectivity index (χ2v) is 6.02. The molecule has 0 saturated carbocycles. The van der Waals surface area contributed by atoms with Crippen LogP contribution in [0.3, 0.4) is 0 Å². The predicted molar refractivity (Wildman–Crippen MR) is 101 cm³/mol. The van der Waals surface area contributed by atoms with E-state index in [0.717, 1.165) is 0 Å². The number of aliphatic imine (C=N–C) groups is 1. The molecule has 0 unspecified atom stereocenters.